The number of halogens is 1. The van der Waals surface area contributed by atoms with Crippen LogP contribution in [-0.4, -0.2) is 26.1 Å². The molecule has 0 saturated heterocycles. The molecule has 1 rings (SSSR count). The molecule has 0 aliphatic carbocycles. The number of carbonyl (C=O) groups excluding carboxylic acids is 1. The second-order valence-electron chi connectivity index (χ2n) is 5.12. The number of sulfone groups is 1. The van der Waals surface area contributed by atoms with Crippen LogP contribution in [0.4, 0.5) is 0 Å². The van der Waals surface area contributed by atoms with E-state index in [1.807, 2.05) is 20.8 Å². The molecule has 0 aromatic heterocycles. The van der Waals surface area contributed by atoms with Crippen molar-refractivity contribution in [2.45, 2.75) is 31.2 Å². The number of benzene rings is 1. The smallest absolute Gasteiger partial charge is 0.253 e. The summed E-state index contributed by atoms with van der Waals surface area (Å²) in [5, 5.41) is 2.96. The highest BCUT2D eigenvalue weighted by atomic mass is 35.5. The zero-order valence-electron chi connectivity index (χ0n) is 10.7. The molecule has 0 atom stereocenters. The number of amides is 1. The highest BCUT2D eigenvalue weighted by Gasteiger charge is 2.19. The number of hydrogen-bond donors (Lipinski definition) is 1. The minimum Gasteiger partial charge on any atom is -0.347 e. The number of carbonyl (C=O) groups is 1. The van der Waals surface area contributed by atoms with Crippen LogP contribution in [0.25, 0.3) is 0 Å². The molecule has 1 N–H and O–H groups in total. The van der Waals surface area contributed by atoms with Crippen LogP contribution in [0.3, 0.4) is 0 Å². The molecule has 0 spiro atoms. The summed E-state index contributed by atoms with van der Waals surface area (Å²) >= 11 is 5.91. The van der Waals surface area contributed by atoms with E-state index in [9.17, 15) is 13.2 Å². The van der Waals surface area contributed by atoms with E-state index in [-0.39, 0.29) is 15.5 Å². The zero-order chi connectivity index (χ0) is 14.1. The molecule has 0 saturated carbocycles. The van der Waals surface area contributed by atoms with Crippen molar-refractivity contribution in [1.82, 2.24) is 5.32 Å². The van der Waals surface area contributed by atoms with Gasteiger partial charge in [0.1, 0.15) is 0 Å². The summed E-state index contributed by atoms with van der Waals surface area (Å²) in [4.78, 5) is 12.0. The monoisotopic (exact) mass is 289 g/mol. The molecule has 18 heavy (non-hydrogen) atoms. The first-order valence-electron chi connectivity index (χ1n) is 5.33. The van der Waals surface area contributed by atoms with E-state index in [0.29, 0.717) is 0 Å². The number of rotatable bonds is 2. The first kappa shape index (κ1) is 15.0. The van der Waals surface area contributed by atoms with E-state index < -0.39 is 21.3 Å². The largest absolute Gasteiger partial charge is 0.347 e. The second-order valence-corrected chi connectivity index (χ2v) is 7.54. The van der Waals surface area contributed by atoms with Gasteiger partial charge in [-0.2, -0.15) is 0 Å². The van der Waals surface area contributed by atoms with Gasteiger partial charge in [-0.25, -0.2) is 8.42 Å². The van der Waals surface area contributed by atoms with Gasteiger partial charge in [-0.1, -0.05) is 11.6 Å². The third kappa shape index (κ3) is 3.99. The Morgan fingerprint density at radius 2 is 1.83 bits per heavy atom. The van der Waals surface area contributed by atoms with Crippen LogP contribution in [0.5, 0.6) is 0 Å². The maximum absolute atomic E-state index is 12.0. The summed E-state index contributed by atoms with van der Waals surface area (Å²) in [5.41, 5.74) is -0.254. The first-order valence-corrected chi connectivity index (χ1v) is 7.60. The Hall–Kier alpha value is -1.07. The topological polar surface area (TPSA) is 63.2 Å². The Morgan fingerprint density at radius 3 is 2.28 bits per heavy atom. The van der Waals surface area contributed by atoms with E-state index >= 15 is 0 Å². The molecule has 1 aromatic carbocycles. The van der Waals surface area contributed by atoms with Crippen molar-refractivity contribution in [3.05, 3.63) is 28.8 Å². The van der Waals surface area contributed by atoms with Gasteiger partial charge in [0, 0.05) is 11.8 Å². The molecule has 1 aromatic rings. The highest BCUT2D eigenvalue weighted by Crippen LogP contribution is 2.21. The lowest BCUT2D eigenvalue weighted by atomic mass is 10.1. The summed E-state index contributed by atoms with van der Waals surface area (Å²) in [5.74, 6) is -0.391. The lowest BCUT2D eigenvalue weighted by molar-refractivity contribution is 0.0919. The fourth-order valence-electron chi connectivity index (χ4n) is 1.32. The molecule has 0 fully saturated rings. The molecule has 0 bridgehead atoms. The lowest BCUT2D eigenvalue weighted by Gasteiger charge is -2.21. The predicted octanol–water partition coefficient (Wildman–Crippen LogP) is 2.27. The third-order valence-corrected chi connectivity index (χ3v) is 3.54. The fourth-order valence-corrected chi connectivity index (χ4v) is 2.17. The van der Waals surface area contributed by atoms with E-state index in [4.69, 9.17) is 11.6 Å². The van der Waals surface area contributed by atoms with Crippen LogP contribution >= 0.6 is 11.6 Å². The summed E-state index contributed by atoms with van der Waals surface area (Å²) in [6, 6.07) is 4.08. The van der Waals surface area contributed by atoms with Crippen LogP contribution < -0.4 is 5.32 Å². The van der Waals surface area contributed by atoms with Crippen molar-refractivity contribution in [2.24, 2.45) is 0 Å². The molecule has 6 heteroatoms. The van der Waals surface area contributed by atoms with E-state index in [0.717, 1.165) is 6.26 Å². The molecule has 0 aliphatic rings. The molecule has 0 radical (unpaired) electrons. The van der Waals surface area contributed by atoms with E-state index in [2.05, 4.69) is 5.32 Å². The van der Waals surface area contributed by atoms with Gasteiger partial charge in [0.25, 0.3) is 5.91 Å². The van der Waals surface area contributed by atoms with Crippen LogP contribution in [0.1, 0.15) is 31.1 Å². The fraction of sp³-hybridized carbons (Fsp3) is 0.417. The van der Waals surface area contributed by atoms with Gasteiger partial charge in [0.05, 0.1) is 15.5 Å². The normalized spacial score (nSPS) is 12.3. The Bertz CT molecular complexity index is 573. The molecule has 1 amide bonds. The van der Waals surface area contributed by atoms with Crippen molar-refractivity contribution in [3.8, 4) is 0 Å². The van der Waals surface area contributed by atoms with Crippen molar-refractivity contribution in [1.29, 1.82) is 0 Å². The van der Waals surface area contributed by atoms with E-state index in [1.165, 1.54) is 18.2 Å². The second kappa shape index (κ2) is 4.90. The van der Waals surface area contributed by atoms with Crippen LogP contribution in [0.2, 0.25) is 5.02 Å². The quantitative estimate of drug-likeness (QED) is 0.908. The van der Waals surface area contributed by atoms with E-state index in [1.54, 1.807) is 0 Å². The molecule has 100 valence electrons. The van der Waals surface area contributed by atoms with Gasteiger partial charge in [-0.3, -0.25) is 4.79 Å². The van der Waals surface area contributed by atoms with Crippen molar-refractivity contribution in [3.63, 3.8) is 0 Å². The zero-order valence-corrected chi connectivity index (χ0v) is 12.3. The summed E-state index contributed by atoms with van der Waals surface area (Å²) in [6.07, 6.45) is 1.09. The molecular weight excluding hydrogens is 274 g/mol. The number of hydrogen-bond acceptors (Lipinski definition) is 3. The Kier molecular flexibility index (Phi) is 4.08. The van der Waals surface area contributed by atoms with Gasteiger partial charge in [-0.15, -0.1) is 0 Å². The van der Waals surface area contributed by atoms with Gasteiger partial charge in [0.2, 0.25) is 0 Å². The molecular formula is C12H16ClNO3S. The summed E-state index contributed by atoms with van der Waals surface area (Å²) in [6.45, 7) is 5.50. The van der Waals surface area contributed by atoms with Gasteiger partial charge >= 0.3 is 0 Å². The predicted molar refractivity (Wildman–Crippen MR) is 71.8 cm³/mol. The van der Waals surface area contributed by atoms with Gasteiger partial charge < -0.3 is 5.32 Å². The molecule has 0 heterocycles. The third-order valence-electron chi connectivity index (χ3n) is 2.10. The standard InChI is InChI=1S/C12H16ClNO3S/c1-12(2,3)14-11(15)9-7-8(18(4,16)17)5-6-10(9)13/h5-7H,1-4H3,(H,14,15). The van der Waals surface area contributed by atoms with Crippen LogP contribution in [0.15, 0.2) is 23.1 Å². The van der Waals surface area contributed by atoms with Crippen LogP contribution in [-0.2, 0) is 9.84 Å². The molecule has 4 nitrogen and oxygen atoms in total. The lowest BCUT2D eigenvalue weighted by Crippen LogP contribution is -2.40. The highest BCUT2D eigenvalue weighted by molar-refractivity contribution is 7.90. The minimum atomic E-state index is -3.36. The first-order chi connectivity index (χ1) is 8.00. The van der Waals surface area contributed by atoms with Crippen LogP contribution in [0, 0.1) is 0 Å². The average molecular weight is 290 g/mol. The SMILES string of the molecule is CC(C)(C)NC(=O)c1cc(S(C)(=O)=O)ccc1Cl. The maximum Gasteiger partial charge on any atom is 0.253 e. The van der Waals surface area contributed by atoms with Crippen molar-refractivity contribution in [2.75, 3.05) is 6.26 Å². The molecule has 0 unspecified atom stereocenters. The summed E-state index contributed by atoms with van der Waals surface area (Å²) in [7, 11) is -3.36. The average Bonchev–Trinajstić information content (AvgIpc) is 2.13. The number of nitrogens with one attached hydrogen (secondary N) is 1. The Morgan fingerprint density at radius 1 is 1.28 bits per heavy atom. The minimum absolute atomic E-state index is 0.0750. The molecule has 0 aliphatic heterocycles. The summed E-state index contributed by atoms with van der Waals surface area (Å²) < 4.78 is 22.9. The Labute approximate surface area is 112 Å². The van der Waals surface area contributed by atoms with Crippen molar-refractivity contribution >= 4 is 27.3 Å². The van der Waals surface area contributed by atoms with Crippen molar-refractivity contribution < 1.29 is 13.2 Å². The van der Waals surface area contributed by atoms with Gasteiger partial charge in [0.15, 0.2) is 9.84 Å². The van der Waals surface area contributed by atoms with Gasteiger partial charge in [-0.05, 0) is 39.0 Å². The Balaban J connectivity index is 3.21. The maximum atomic E-state index is 12.0.